The molecule has 2 saturated carbocycles. The van der Waals surface area contributed by atoms with Crippen molar-refractivity contribution in [1.82, 2.24) is 14.8 Å². The lowest BCUT2D eigenvalue weighted by Gasteiger charge is -2.48. The van der Waals surface area contributed by atoms with Gasteiger partial charge in [0.05, 0.1) is 30.1 Å². The van der Waals surface area contributed by atoms with E-state index in [-0.39, 0.29) is 69.4 Å². The molecule has 7 atom stereocenters. The van der Waals surface area contributed by atoms with Crippen molar-refractivity contribution in [1.29, 1.82) is 0 Å². The molecule has 0 unspecified atom stereocenters. The lowest BCUT2D eigenvalue weighted by Crippen LogP contribution is -2.49. The molecule has 10 heteroatoms. The molecule has 6 rings (SSSR count). The maximum absolute atomic E-state index is 13.5. The molecular formula is C22H27N3O5S2. The van der Waals surface area contributed by atoms with E-state index in [1.54, 1.807) is 16.7 Å². The number of rotatable bonds is 3. The smallest absolute Gasteiger partial charge is 0.305 e. The van der Waals surface area contributed by atoms with E-state index >= 15 is 0 Å². The summed E-state index contributed by atoms with van der Waals surface area (Å²) in [5, 5.41) is 1.17. The summed E-state index contributed by atoms with van der Waals surface area (Å²) >= 11 is 3.00. The van der Waals surface area contributed by atoms with Gasteiger partial charge in [0, 0.05) is 28.6 Å². The maximum atomic E-state index is 13.5. The SMILES string of the molecule is CC[C@@]1(C)c2sc(=O)[nH]c2S[C@@H]2[C@@H]3C[C@H]([C@H]4C(=O)N(CC(=O)N5CCOCC5)C(=O)[C@H]34)[C@@H]21. The number of thioether (sulfide) groups is 1. The molecule has 8 nitrogen and oxygen atoms in total. The number of likely N-dealkylation sites (tertiary alicyclic amines) is 1. The molecule has 1 aromatic rings. The number of fused-ring (bicyclic) bond motifs is 9. The number of hydrogen-bond acceptors (Lipinski definition) is 7. The summed E-state index contributed by atoms with van der Waals surface area (Å²) in [6.07, 6.45) is 1.77. The molecule has 5 aliphatic rings. The minimum atomic E-state index is -0.327. The number of thiazole rings is 1. The number of H-pyrrole nitrogens is 1. The zero-order chi connectivity index (χ0) is 22.4. The summed E-state index contributed by atoms with van der Waals surface area (Å²) in [4.78, 5) is 58.8. The van der Waals surface area contributed by atoms with Crippen LogP contribution in [0.1, 0.15) is 31.6 Å². The molecule has 172 valence electrons. The Balaban J connectivity index is 1.30. The van der Waals surface area contributed by atoms with Gasteiger partial charge in [-0.05, 0) is 30.6 Å². The average molecular weight is 478 g/mol. The van der Waals surface area contributed by atoms with Crippen LogP contribution in [0, 0.1) is 29.6 Å². The molecule has 0 spiro atoms. The molecule has 32 heavy (non-hydrogen) atoms. The zero-order valence-electron chi connectivity index (χ0n) is 18.2. The third-order valence-corrected chi connectivity index (χ3v) is 11.5. The van der Waals surface area contributed by atoms with E-state index < -0.39 is 0 Å². The number of carbonyl (C=O) groups is 3. The number of nitrogens with one attached hydrogen (secondary N) is 1. The largest absolute Gasteiger partial charge is 0.378 e. The molecule has 2 saturated heterocycles. The van der Waals surface area contributed by atoms with Gasteiger partial charge < -0.3 is 14.6 Å². The molecule has 0 radical (unpaired) electrons. The van der Waals surface area contributed by atoms with E-state index in [9.17, 15) is 19.2 Å². The van der Waals surface area contributed by atoms with Gasteiger partial charge in [0.15, 0.2) is 0 Å². The number of morpholine rings is 1. The van der Waals surface area contributed by atoms with Crippen LogP contribution in [0.2, 0.25) is 0 Å². The van der Waals surface area contributed by atoms with Crippen molar-refractivity contribution in [2.24, 2.45) is 29.6 Å². The number of ether oxygens (including phenoxy) is 1. The molecule has 2 bridgehead atoms. The van der Waals surface area contributed by atoms with E-state index in [4.69, 9.17) is 4.74 Å². The third kappa shape index (κ3) is 2.66. The third-order valence-electron chi connectivity index (χ3n) is 8.71. The first-order valence-electron chi connectivity index (χ1n) is 11.5. The normalized spacial score (nSPS) is 39.9. The van der Waals surface area contributed by atoms with Crippen LogP contribution in [-0.2, 0) is 24.5 Å². The fourth-order valence-corrected chi connectivity index (χ4v) is 10.4. The van der Waals surface area contributed by atoms with E-state index in [0.717, 1.165) is 22.7 Å². The number of hydrogen-bond donors (Lipinski definition) is 1. The van der Waals surface area contributed by atoms with Gasteiger partial charge in [0.25, 0.3) is 0 Å². The number of nitrogens with zero attached hydrogens (tertiary/aromatic N) is 2. The summed E-state index contributed by atoms with van der Waals surface area (Å²) in [5.74, 6) is -0.663. The summed E-state index contributed by atoms with van der Waals surface area (Å²) in [6.45, 7) is 6.21. The first-order chi connectivity index (χ1) is 15.3. The molecule has 3 amide bonds. The van der Waals surface area contributed by atoms with Crippen LogP contribution in [-0.4, -0.2) is 70.6 Å². The van der Waals surface area contributed by atoms with Gasteiger partial charge in [-0.25, -0.2) is 0 Å². The van der Waals surface area contributed by atoms with E-state index in [2.05, 4.69) is 18.8 Å². The Morgan fingerprint density at radius 3 is 2.53 bits per heavy atom. The summed E-state index contributed by atoms with van der Waals surface area (Å²) in [5.41, 5.74) is -0.181. The fourth-order valence-electron chi connectivity index (χ4n) is 7.16. The molecule has 0 aromatic carbocycles. The highest BCUT2D eigenvalue weighted by atomic mass is 32.2. The van der Waals surface area contributed by atoms with Gasteiger partial charge in [-0.15, -0.1) is 11.8 Å². The number of carbonyl (C=O) groups excluding carboxylic acids is 3. The molecule has 3 aliphatic heterocycles. The number of aromatic amines is 1. The highest BCUT2D eigenvalue weighted by Crippen LogP contribution is 2.69. The van der Waals surface area contributed by atoms with Gasteiger partial charge in [-0.3, -0.25) is 24.1 Å². The van der Waals surface area contributed by atoms with Crippen molar-refractivity contribution in [3.05, 3.63) is 14.5 Å². The van der Waals surface area contributed by atoms with Crippen LogP contribution in [0.5, 0.6) is 0 Å². The van der Waals surface area contributed by atoms with Crippen LogP contribution in [0.25, 0.3) is 0 Å². The molecule has 1 N–H and O–H groups in total. The second-order valence-corrected chi connectivity index (χ2v) is 12.1. The number of imide groups is 1. The van der Waals surface area contributed by atoms with Gasteiger partial charge in [0.1, 0.15) is 6.54 Å². The lowest BCUT2D eigenvalue weighted by atomic mass is 9.62. The second-order valence-electron chi connectivity index (χ2n) is 9.92. The van der Waals surface area contributed by atoms with Crippen molar-refractivity contribution in [2.45, 2.75) is 42.4 Å². The van der Waals surface area contributed by atoms with Crippen LogP contribution in [0.3, 0.4) is 0 Å². The van der Waals surface area contributed by atoms with Gasteiger partial charge in [0.2, 0.25) is 17.7 Å². The number of amides is 3. The highest BCUT2D eigenvalue weighted by molar-refractivity contribution is 8.00. The predicted molar refractivity (Wildman–Crippen MR) is 118 cm³/mol. The Kier molecular flexibility index (Phi) is 4.69. The molecule has 4 heterocycles. The van der Waals surface area contributed by atoms with E-state index in [0.29, 0.717) is 26.3 Å². The fraction of sp³-hybridized carbons (Fsp3) is 0.727. The zero-order valence-corrected chi connectivity index (χ0v) is 19.8. The Bertz CT molecular complexity index is 1060. The molecular weight excluding hydrogens is 450 g/mol. The van der Waals surface area contributed by atoms with Crippen molar-refractivity contribution in [3.63, 3.8) is 0 Å². The average Bonchev–Trinajstić information content (AvgIpc) is 3.52. The van der Waals surface area contributed by atoms with Crippen LogP contribution in [0.4, 0.5) is 0 Å². The quantitative estimate of drug-likeness (QED) is 0.659. The summed E-state index contributed by atoms with van der Waals surface area (Å²) in [7, 11) is 0. The minimum absolute atomic E-state index is 0.0327. The monoisotopic (exact) mass is 477 g/mol. The second kappa shape index (κ2) is 7.17. The minimum Gasteiger partial charge on any atom is -0.378 e. The Morgan fingerprint density at radius 2 is 1.84 bits per heavy atom. The van der Waals surface area contributed by atoms with E-state index in [1.807, 2.05) is 0 Å². The predicted octanol–water partition coefficient (Wildman–Crippen LogP) is 1.30. The highest BCUT2D eigenvalue weighted by Gasteiger charge is 2.71. The Hall–Kier alpha value is -1.65. The van der Waals surface area contributed by atoms with Crippen LogP contribution >= 0.6 is 23.1 Å². The summed E-state index contributed by atoms with van der Waals surface area (Å²) < 4.78 is 5.31. The van der Waals surface area contributed by atoms with Crippen LogP contribution < -0.4 is 4.87 Å². The summed E-state index contributed by atoms with van der Waals surface area (Å²) in [6, 6.07) is 0. The van der Waals surface area contributed by atoms with Crippen molar-refractivity contribution >= 4 is 40.8 Å². The molecule has 1 aromatic heterocycles. The standard InChI is InChI=1S/C22H27N3O5S2/c1-3-22(2)15-10-8-11(16(15)31-18-17(22)32-21(29)23-18)14-13(10)19(27)25(20(14)28)9-12(26)24-4-6-30-7-5-24/h10-11,13-16H,3-9H2,1-2H3,(H,23,29)/t10-,11-,13-,14-,15+,16-,22-/m1/s1. The topological polar surface area (TPSA) is 99.8 Å². The number of aromatic nitrogens is 1. The first kappa shape index (κ1) is 20.9. The first-order valence-corrected chi connectivity index (χ1v) is 13.2. The Labute approximate surface area is 194 Å². The maximum Gasteiger partial charge on any atom is 0.305 e. The Morgan fingerprint density at radius 1 is 1.16 bits per heavy atom. The van der Waals surface area contributed by atoms with Gasteiger partial charge in [-0.2, -0.15) is 0 Å². The molecule has 4 fully saturated rings. The van der Waals surface area contributed by atoms with Gasteiger partial charge >= 0.3 is 4.87 Å². The van der Waals surface area contributed by atoms with Crippen molar-refractivity contribution in [2.75, 3.05) is 32.8 Å². The lowest BCUT2D eigenvalue weighted by molar-refractivity contribution is -0.148. The van der Waals surface area contributed by atoms with Gasteiger partial charge in [-0.1, -0.05) is 25.2 Å². The molecule has 2 aliphatic carbocycles. The van der Waals surface area contributed by atoms with Crippen molar-refractivity contribution < 1.29 is 19.1 Å². The van der Waals surface area contributed by atoms with E-state index in [1.165, 1.54) is 16.2 Å². The van der Waals surface area contributed by atoms with Crippen molar-refractivity contribution in [3.8, 4) is 0 Å². The van der Waals surface area contributed by atoms with Crippen LogP contribution in [0.15, 0.2) is 9.82 Å².